The van der Waals surface area contributed by atoms with Gasteiger partial charge in [-0.3, -0.25) is 14.4 Å². The Balaban J connectivity index is 1.64. The largest absolute Gasteiger partial charge is 0.481 e. The van der Waals surface area contributed by atoms with Crippen LogP contribution < -0.4 is 10.2 Å². The van der Waals surface area contributed by atoms with Crippen LogP contribution in [-0.2, 0) is 14.4 Å². The molecule has 3 atom stereocenters. The SMILES string of the molecule is Cc1ccc(N2CC(C(=O)N[C@@H]3CCC[C@@H]3C(=O)O)CC2=O)cc1. The van der Waals surface area contributed by atoms with Gasteiger partial charge >= 0.3 is 5.97 Å². The maximum Gasteiger partial charge on any atom is 0.308 e. The summed E-state index contributed by atoms with van der Waals surface area (Å²) in [5, 5.41) is 12.1. The van der Waals surface area contributed by atoms with Gasteiger partial charge in [-0.1, -0.05) is 24.1 Å². The highest BCUT2D eigenvalue weighted by atomic mass is 16.4. The third kappa shape index (κ3) is 3.27. The molecule has 1 saturated heterocycles. The summed E-state index contributed by atoms with van der Waals surface area (Å²) in [6, 6.07) is 7.31. The van der Waals surface area contributed by atoms with Crippen LogP contribution in [0.3, 0.4) is 0 Å². The second kappa shape index (κ2) is 6.63. The molecular formula is C18H22N2O4. The molecule has 1 aliphatic heterocycles. The van der Waals surface area contributed by atoms with Gasteiger partial charge in [0, 0.05) is 24.7 Å². The lowest BCUT2D eigenvalue weighted by atomic mass is 10.0. The summed E-state index contributed by atoms with van der Waals surface area (Å²) in [7, 11) is 0. The number of carbonyl (C=O) groups excluding carboxylic acids is 2. The summed E-state index contributed by atoms with van der Waals surface area (Å²) in [6.07, 6.45) is 2.26. The third-order valence-electron chi connectivity index (χ3n) is 5.00. The first-order valence-electron chi connectivity index (χ1n) is 8.36. The molecule has 128 valence electrons. The zero-order valence-corrected chi connectivity index (χ0v) is 13.7. The van der Waals surface area contributed by atoms with Gasteiger partial charge in [0.05, 0.1) is 11.8 Å². The Bertz CT molecular complexity index is 655. The van der Waals surface area contributed by atoms with E-state index in [1.807, 2.05) is 31.2 Å². The second-order valence-corrected chi connectivity index (χ2v) is 6.73. The summed E-state index contributed by atoms with van der Waals surface area (Å²) in [4.78, 5) is 37.5. The molecule has 24 heavy (non-hydrogen) atoms. The van der Waals surface area contributed by atoms with Crippen molar-refractivity contribution < 1.29 is 19.5 Å². The number of carbonyl (C=O) groups is 3. The highest BCUT2D eigenvalue weighted by Gasteiger charge is 2.39. The molecule has 2 aliphatic rings. The van der Waals surface area contributed by atoms with E-state index in [-0.39, 0.29) is 24.3 Å². The molecule has 6 heteroatoms. The van der Waals surface area contributed by atoms with Crippen molar-refractivity contribution in [3.05, 3.63) is 29.8 Å². The van der Waals surface area contributed by atoms with Crippen molar-refractivity contribution in [2.75, 3.05) is 11.4 Å². The molecular weight excluding hydrogens is 308 g/mol. The van der Waals surface area contributed by atoms with Crippen LogP contribution >= 0.6 is 0 Å². The first-order chi connectivity index (χ1) is 11.5. The van der Waals surface area contributed by atoms with E-state index in [9.17, 15) is 19.5 Å². The van der Waals surface area contributed by atoms with Crippen molar-refractivity contribution in [3.8, 4) is 0 Å². The number of carboxylic acid groups (broad SMARTS) is 1. The summed E-state index contributed by atoms with van der Waals surface area (Å²) in [5.41, 5.74) is 1.91. The summed E-state index contributed by atoms with van der Waals surface area (Å²) in [5.74, 6) is -2.08. The Morgan fingerprint density at radius 3 is 2.58 bits per heavy atom. The number of benzene rings is 1. The second-order valence-electron chi connectivity index (χ2n) is 6.73. The van der Waals surface area contributed by atoms with E-state index in [2.05, 4.69) is 5.32 Å². The molecule has 1 unspecified atom stereocenters. The van der Waals surface area contributed by atoms with E-state index in [1.54, 1.807) is 4.90 Å². The first-order valence-corrected chi connectivity index (χ1v) is 8.36. The maximum absolute atomic E-state index is 12.5. The molecule has 2 fully saturated rings. The summed E-state index contributed by atoms with van der Waals surface area (Å²) in [6.45, 7) is 2.32. The van der Waals surface area contributed by atoms with Crippen LogP contribution in [0.4, 0.5) is 5.69 Å². The summed E-state index contributed by atoms with van der Waals surface area (Å²) < 4.78 is 0. The van der Waals surface area contributed by atoms with E-state index >= 15 is 0 Å². The number of amides is 2. The number of aliphatic carboxylic acids is 1. The van der Waals surface area contributed by atoms with Gasteiger partial charge in [-0.05, 0) is 31.9 Å². The predicted octanol–water partition coefficient (Wildman–Crippen LogP) is 1.72. The van der Waals surface area contributed by atoms with Crippen LogP contribution in [0, 0.1) is 18.8 Å². The van der Waals surface area contributed by atoms with Gasteiger partial charge < -0.3 is 15.3 Å². The van der Waals surface area contributed by atoms with Gasteiger partial charge in [-0.2, -0.15) is 0 Å². The van der Waals surface area contributed by atoms with Gasteiger partial charge in [0.25, 0.3) is 0 Å². The van der Waals surface area contributed by atoms with Gasteiger partial charge in [-0.15, -0.1) is 0 Å². The van der Waals surface area contributed by atoms with Gasteiger partial charge in [0.2, 0.25) is 11.8 Å². The predicted molar refractivity (Wildman–Crippen MR) is 88.5 cm³/mol. The van der Waals surface area contributed by atoms with Crippen LogP contribution in [0.2, 0.25) is 0 Å². The topological polar surface area (TPSA) is 86.7 Å². The number of hydrogen-bond donors (Lipinski definition) is 2. The zero-order valence-electron chi connectivity index (χ0n) is 13.7. The maximum atomic E-state index is 12.5. The normalized spacial score (nSPS) is 26.6. The molecule has 2 amide bonds. The minimum atomic E-state index is -0.860. The zero-order chi connectivity index (χ0) is 17.3. The fourth-order valence-electron chi connectivity index (χ4n) is 3.59. The van der Waals surface area contributed by atoms with Gasteiger partial charge in [0.15, 0.2) is 0 Å². The molecule has 0 aromatic heterocycles. The monoisotopic (exact) mass is 330 g/mol. The number of hydrogen-bond acceptors (Lipinski definition) is 3. The Morgan fingerprint density at radius 1 is 1.21 bits per heavy atom. The molecule has 1 aliphatic carbocycles. The van der Waals surface area contributed by atoms with Crippen LogP contribution in [0.25, 0.3) is 0 Å². The number of rotatable bonds is 4. The molecule has 2 N–H and O–H groups in total. The smallest absolute Gasteiger partial charge is 0.308 e. The molecule has 6 nitrogen and oxygen atoms in total. The molecule has 1 aromatic carbocycles. The Morgan fingerprint density at radius 2 is 1.92 bits per heavy atom. The molecule has 0 spiro atoms. The standard InChI is InChI=1S/C18H22N2O4/c1-11-5-7-13(8-6-11)20-10-12(9-16(20)21)17(22)19-15-4-2-3-14(15)18(23)24/h5-8,12,14-15H,2-4,9-10H2,1H3,(H,19,22)(H,23,24)/t12?,14-,15+/m0/s1. The average molecular weight is 330 g/mol. The van der Waals surface area contributed by atoms with Crippen molar-refractivity contribution in [2.45, 2.75) is 38.6 Å². The molecule has 0 radical (unpaired) electrons. The fourth-order valence-corrected chi connectivity index (χ4v) is 3.59. The molecule has 1 aromatic rings. The highest BCUT2D eigenvalue weighted by Crippen LogP contribution is 2.28. The summed E-state index contributed by atoms with van der Waals surface area (Å²) >= 11 is 0. The lowest BCUT2D eigenvalue weighted by molar-refractivity contribution is -0.142. The highest BCUT2D eigenvalue weighted by molar-refractivity contribution is 6.00. The van der Waals surface area contributed by atoms with Crippen molar-refractivity contribution in [1.82, 2.24) is 5.32 Å². The van der Waals surface area contributed by atoms with Crippen LogP contribution in [-0.4, -0.2) is 35.5 Å². The van der Waals surface area contributed by atoms with Crippen molar-refractivity contribution in [1.29, 1.82) is 0 Å². The number of nitrogens with one attached hydrogen (secondary N) is 1. The van der Waals surface area contributed by atoms with E-state index in [4.69, 9.17) is 0 Å². The lowest BCUT2D eigenvalue weighted by Crippen LogP contribution is -2.43. The van der Waals surface area contributed by atoms with Gasteiger partial charge in [-0.25, -0.2) is 0 Å². The quantitative estimate of drug-likeness (QED) is 0.880. The molecule has 0 bridgehead atoms. The van der Waals surface area contributed by atoms with E-state index in [1.165, 1.54) is 0 Å². The minimum Gasteiger partial charge on any atom is -0.481 e. The fraction of sp³-hybridized carbons (Fsp3) is 0.500. The molecule has 1 saturated carbocycles. The number of aryl methyl sites for hydroxylation is 1. The molecule has 1 heterocycles. The van der Waals surface area contributed by atoms with Crippen LogP contribution in [0.5, 0.6) is 0 Å². The lowest BCUT2D eigenvalue weighted by Gasteiger charge is -2.20. The van der Waals surface area contributed by atoms with E-state index in [0.717, 1.165) is 17.7 Å². The number of nitrogens with zero attached hydrogens (tertiary/aromatic N) is 1. The molecule has 3 rings (SSSR count). The Labute approximate surface area is 140 Å². The number of anilines is 1. The van der Waals surface area contributed by atoms with Crippen molar-refractivity contribution >= 4 is 23.5 Å². The Kier molecular flexibility index (Phi) is 4.55. The van der Waals surface area contributed by atoms with E-state index in [0.29, 0.717) is 19.4 Å². The van der Waals surface area contributed by atoms with Crippen molar-refractivity contribution in [3.63, 3.8) is 0 Å². The minimum absolute atomic E-state index is 0.0693. The van der Waals surface area contributed by atoms with Crippen molar-refractivity contribution in [2.24, 2.45) is 11.8 Å². The number of carboxylic acids is 1. The Hall–Kier alpha value is -2.37. The van der Waals surface area contributed by atoms with Crippen LogP contribution in [0.15, 0.2) is 24.3 Å². The third-order valence-corrected chi connectivity index (χ3v) is 5.00. The van der Waals surface area contributed by atoms with E-state index < -0.39 is 17.8 Å². The first kappa shape index (κ1) is 16.5. The van der Waals surface area contributed by atoms with Gasteiger partial charge in [0.1, 0.15) is 0 Å². The average Bonchev–Trinajstić information content (AvgIpc) is 3.15. The van der Waals surface area contributed by atoms with Crippen LogP contribution in [0.1, 0.15) is 31.2 Å².